The number of nitrogens with zero attached hydrogens (tertiary/aromatic N) is 2. The SMILES string of the molecule is CCCn1ccnc1CC(NC)C1C2C3CCC(C3)C21. The number of hydrogen-bond acceptors (Lipinski definition) is 2. The summed E-state index contributed by atoms with van der Waals surface area (Å²) < 4.78 is 2.34. The van der Waals surface area contributed by atoms with Crippen molar-refractivity contribution >= 4 is 0 Å². The monoisotopic (exact) mass is 273 g/mol. The number of aromatic nitrogens is 2. The highest BCUT2D eigenvalue weighted by Gasteiger charge is 2.66. The Morgan fingerprint density at radius 2 is 2.10 bits per heavy atom. The number of rotatable bonds is 6. The number of likely N-dealkylation sites (N-methyl/N-ethyl adjacent to an activating group) is 1. The molecule has 4 rings (SSSR count). The Balaban J connectivity index is 1.46. The Morgan fingerprint density at radius 3 is 2.75 bits per heavy atom. The molecule has 0 amide bonds. The molecule has 0 saturated heterocycles. The molecule has 110 valence electrons. The van der Waals surface area contributed by atoms with Crippen LogP contribution >= 0.6 is 0 Å². The third-order valence-corrected chi connectivity index (χ3v) is 6.30. The number of hydrogen-bond donors (Lipinski definition) is 1. The van der Waals surface area contributed by atoms with Gasteiger partial charge in [0.25, 0.3) is 0 Å². The van der Waals surface area contributed by atoms with Gasteiger partial charge in [-0.1, -0.05) is 6.92 Å². The average Bonchev–Trinajstić information content (AvgIpc) is 2.84. The lowest BCUT2D eigenvalue weighted by atomic mass is 9.95. The van der Waals surface area contributed by atoms with E-state index < -0.39 is 0 Å². The molecule has 0 spiro atoms. The van der Waals surface area contributed by atoms with Crippen molar-refractivity contribution in [1.82, 2.24) is 14.9 Å². The van der Waals surface area contributed by atoms with Gasteiger partial charge in [0.1, 0.15) is 5.82 Å². The minimum Gasteiger partial charge on any atom is -0.335 e. The van der Waals surface area contributed by atoms with Crippen LogP contribution in [0.5, 0.6) is 0 Å². The van der Waals surface area contributed by atoms with Crippen LogP contribution in [0.4, 0.5) is 0 Å². The van der Waals surface area contributed by atoms with Crippen LogP contribution in [-0.4, -0.2) is 22.6 Å². The van der Waals surface area contributed by atoms with Gasteiger partial charge in [0.2, 0.25) is 0 Å². The molecule has 1 aromatic heterocycles. The molecule has 20 heavy (non-hydrogen) atoms. The normalized spacial score (nSPS) is 39.0. The molecule has 0 radical (unpaired) electrons. The molecule has 3 heteroatoms. The van der Waals surface area contributed by atoms with Crippen molar-refractivity contribution in [2.45, 2.75) is 51.6 Å². The van der Waals surface area contributed by atoms with E-state index >= 15 is 0 Å². The third kappa shape index (κ3) is 1.86. The molecular weight excluding hydrogens is 246 g/mol. The van der Waals surface area contributed by atoms with Gasteiger partial charge < -0.3 is 9.88 Å². The van der Waals surface area contributed by atoms with E-state index in [-0.39, 0.29) is 0 Å². The second-order valence-corrected chi connectivity index (χ2v) is 7.20. The van der Waals surface area contributed by atoms with Crippen molar-refractivity contribution in [2.24, 2.45) is 29.6 Å². The van der Waals surface area contributed by atoms with E-state index in [1.54, 1.807) is 6.42 Å². The van der Waals surface area contributed by atoms with Crippen molar-refractivity contribution in [3.8, 4) is 0 Å². The average molecular weight is 273 g/mol. The molecule has 3 saturated carbocycles. The van der Waals surface area contributed by atoms with Gasteiger partial charge in [-0.3, -0.25) is 0 Å². The highest BCUT2D eigenvalue weighted by Crippen LogP contribution is 2.70. The predicted octanol–water partition coefficient (Wildman–Crippen LogP) is 2.72. The van der Waals surface area contributed by atoms with Gasteiger partial charge in [0, 0.05) is 31.4 Å². The van der Waals surface area contributed by atoms with Crippen LogP contribution < -0.4 is 5.32 Å². The molecule has 1 aromatic rings. The topological polar surface area (TPSA) is 29.9 Å². The summed E-state index contributed by atoms with van der Waals surface area (Å²) in [5, 5.41) is 3.62. The Bertz CT molecular complexity index is 464. The number of fused-ring (bicyclic) bond motifs is 5. The molecule has 2 bridgehead atoms. The summed E-state index contributed by atoms with van der Waals surface area (Å²) in [6.45, 7) is 3.34. The number of nitrogens with one attached hydrogen (secondary N) is 1. The number of aryl methyl sites for hydroxylation is 1. The van der Waals surface area contributed by atoms with E-state index in [9.17, 15) is 0 Å². The van der Waals surface area contributed by atoms with Crippen molar-refractivity contribution in [3.05, 3.63) is 18.2 Å². The Morgan fingerprint density at radius 1 is 1.35 bits per heavy atom. The molecular formula is C17H27N3. The molecule has 3 nitrogen and oxygen atoms in total. The van der Waals surface area contributed by atoms with Gasteiger partial charge in [0.15, 0.2) is 0 Å². The lowest BCUT2D eigenvalue weighted by molar-refractivity contribution is 0.369. The Hall–Kier alpha value is -0.830. The fraction of sp³-hybridized carbons (Fsp3) is 0.824. The van der Waals surface area contributed by atoms with E-state index in [0.29, 0.717) is 6.04 Å². The van der Waals surface area contributed by atoms with Crippen molar-refractivity contribution in [1.29, 1.82) is 0 Å². The highest BCUT2D eigenvalue weighted by molar-refractivity contribution is 5.16. The fourth-order valence-electron chi connectivity index (χ4n) is 5.53. The summed E-state index contributed by atoms with van der Waals surface area (Å²) in [7, 11) is 2.15. The van der Waals surface area contributed by atoms with Crippen molar-refractivity contribution < 1.29 is 0 Å². The van der Waals surface area contributed by atoms with Gasteiger partial charge in [-0.15, -0.1) is 0 Å². The smallest absolute Gasteiger partial charge is 0.110 e. The van der Waals surface area contributed by atoms with Gasteiger partial charge in [-0.25, -0.2) is 4.98 Å². The zero-order valence-corrected chi connectivity index (χ0v) is 12.8. The first-order valence-corrected chi connectivity index (χ1v) is 8.50. The molecule has 1 N–H and O–H groups in total. The van der Waals surface area contributed by atoms with Gasteiger partial charge in [0.05, 0.1) is 0 Å². The van der Waals surface area contributed by atoms with Gasteiger partial charge in [-0.05, 0) is 62.3 Å². The minimum absolute atomic E-state index is 0.645. The van der Waals surface area contributed by atoms with Crippen LogP contribution in [0.1, 0.15) is 38.4 Å². The van der Waals surface area contributed by atoms with E-state index in [1.165, 1.54) is 25.1 Å². The largest absolute Gasteiger partial charge is 0.335 e. The van der Waals surface area contributed by atoms with Crippen LogP contribution in [-0.2, 0) is 13.0 Å². The van der Waals surface area contributed by atoms with Crippen LogP contribution in [0.2, 0.25) is 0 Å². The van der Waals surface area contributed by atoms with Crippen LogP contribution in [0.25, 0.3) is 0 Å². The maximum absolute atomic E-state index is 4.60. The predicted molar refractivity (Wildman–Crippen MR) is 80.4 cm³/mol. The maximum atomic E-state index is 4.60. The maximum Gasteiger partial charge on any atom is 0.110 e. The molecule has 0 aromatic carbocycles. The summed E-state index contributed by atoms with van der Waals surface area (Å²) in [5.74, 6) is 6.48. The first kappa shape index (κ1) is 12.9. The van der Waals surface area contributed by atoms with E-state index in [1.807, 2.05) is 6.20 Å². The summed E-state index contributed by atoms with van der Waals surface area (Å²) in [6.07, 6.45) is 11.0. The number of imidazole rings is 1. The molecule has 5 unspecified atom stereocenters. The Labute approximate surface area is 122 Å². The van der Waals surface area contributed by atoms with E-state index in [0.717, 1.165) is 42.6 Å². The fourth-order valence-corrected chi connectivity index (χ4v) is 5.53. The minimum atomic E-state index is 0.645. The zero-order chi connectivity index (χ0) is 13.7. The molecule has 5 atom stereocenters. The highest BCUT2D eigenvalue weighted by atomic mass is 15.1. The van der Waals surface area contributed by atoms with Crippen LogP contribution in [0, 0.1) is 29.6 Å². The van der Waals surface area contributed by atoms with Crippen molar-refractivity contribution in [3.63, 3.8) is 0 Å². The Kier molecular flexibility index (Phi) is 3.13. The summed E-state index contributed by atoms with van der Waals surface area (Å²) in [6, 6.07) is 0.645. The molecule has 0 aliphatic heterocycles. The van der Waals surface area contributed by atoms with E-state index in [4.69, 9.17) is 0 Å². The molecule has 3 aliphatic rings. The quantitative estimate of drug-likeness (QED) is 0.863. The third-order valence-electron chi connectivity index (χ3n) is 6.30. The van der Waals surface area contributed by atoms with E-state index in [2.05, 4.69) is 35.0 Å². The zero-order valence-electron chi connectivity index (χ0n) is 12.8. The molecule has 3 aliphatic carbocycles. The second-order valence-electron chi connectivity index (χ2n) is 7.20. The summed E-state index contributed by atoms with van der Waals surface area (Å²) >= 11 is 0. The first-order valence-electron chi connectivity index (χ1n) is 8.50. The molecule has 1 heterocycles. The summed E-state index contributed by atoms with van der Waals surface area (Å²) in [4.78, 5) is 4.60. The van der Waals surface area contributed by atoms with Crippen LogP contribution in [0.3, 0.4) is 0 Å². The molecule has 3 fully saturated rings. The second kappa shape index (κ2) is 4.87. The van der Waals surface area contributed by atoms with Crippen LogP contribution in [0.15, 0.2) is 12.4 Å². The lowest BCUT2D eigenvalue weighted by Gasteiger charge is -2.20. The first-order chi connectivity index (χ1) is 9.83. The summed E-state index contributed by atoms with van der Waals surface area (Å²) in [5.41, 5.74) is 0. The lowest BCUT2D eigenvalue weighted by Crippen LogP contribution is -2.33. The standard InChI is InChI=1S/C17H27N3/c1-3-7-20-8-6-19-14(20)10-13(18-2)17-15-11-4-5-12(9-11)16(15)17/h6,8,11-13,15-18H,3-5,7,9-10H2,1-2H3. The van der Waals surface area contributed by atoms with Gasteiger partial charge in [-0.2, -0.15) is 0 Å². The van der Waals surface area contributed by atoms with Crippen molar-refractivity contribution in [2.75, 3.05) is 7.05 Å². The van der Waals surface area contributed by atoms with Gasteiger partial charge >= 0.3 is 0 Å².